The third-order valence-electron chi connectivity index (χ3n) is 7.03. The van der Waals surface area contributed by atoms with Crippen LogP contribution < -0.4 is 10.9 Å². The Morgan fingerprint density at radius 3 is 2.62 bits per heavy atom. The number of fused-ring (bicyclic) bond motifs is 5. The van der Waals surface area contributed by atoms with Crippen LogP contribution in [0.25, 0.3) is 16.0 Å². The topological polar surface area (TPSA) is 90.5 Å². The molecule has 0 spiro atoms. The minimum absolute atomic E-state index is 0.0406. The van der Waals surface area contributed by atoms with Crippen molar-refractivity contribution in [2.75, 3.05) is 11.1 Å². The Bertz CT molecular complexity index is 1690. The Kier molecular flexibility index (Phi) is 7.24. The van der Waals surface area contributed by atoms with Crippen LogP contribution in [0.2, 0.25) is 0 Å². The highest BCUT2D eigenvalue weighted by Crippen LogP contribution is 2.37. The highest BCUT2D eigenvalue weighted by atomic mass is 32.2. The molecule has 1 unspecified atom stereocenters. The second-order valence-electron chi connectivity index (χ2n) is 9.99. The van der Waals surface area contributed by atoms with E-state index in [-0.39, 0.29) is 23.3 Å². The number of amides is 1. The lowest BCUT2D eigenvalue weighted by molar-refractivity contribution is -0.113. The molecular formula is C29H29N5O3S2. The van der Waals surface area contributed by atoms with Crippen LogP contribution in [0.1, 0.15) is 29.9 Å². The molecule has 6 rings (SSSR count). The van der Waals surface area contributed by atoms with E-state index >= 15 is 0 Å². The number of hydrogen-bond donors (Lipinski definition) is 1. The highest BCUT2D eigenvalue weighted by molar-refractivity contribution is 7.99. The molecule has 10 heteroatoms. The molecule has 1 aliphatic rings. The number of para-hydroxylation sites is 1. The Balaban J connectivity index is 1.40. The molecule has 0 saturated carbocycles. The molecule has 4 heterocycles. The fourth-order valence-electron chi connectivity index (χ4n) is 4.95. The molecule has 0 radical (unpaired) electrons. The summed E-state index contributed by atoms with van der Waals surface area (Å²) in [6.07, 6.45) is 1.47. The van der Waals surface area contributed by atoms with Crippen LogP contribution in [0.15, 0.2) is 70.6 Å². The molecule has 0 saturated heterocycles. The minimum Gasteiger partial charge on any atom is -0.372 e. The maximum absolute atomic E-state index is 14.0. The summed E-state index contributed by atoms with van der Waals surface area (Å²) in [6.45, 7) is 5.27. The Labute approximate surface area is 234 Å². The van der Waals surface area contributed by atoms with E-state index in [1.54, 1.807) is 15.9 Å². The quantitative estimate of drug-likeness (QED) is 0.264. The number of ether oxygens (including phenoxy) is 1. The lowest BCUT2D eigenvalue weighted by atomic mass is 9.96. The van der Waals surface area contributed by atoms with Gasteiger partial charge in [0.1, 0.15) is 4.83 Å². The van der Waals surface area contributed by atoms with Gasteiger partial charge >= 0.3 is 0 Å². The van der Waals surface area contributed by atoms with Gasteiger partial charge in [0.25, 0.3) is 5.56 Å². The van der Waals surface area contributed by atoms with E-state index in [4.69, 9.17) is 4.74 Å². The molecule has 0 bridgehead atoms. The van der Waals surface area contributed by atoms with Gasteiger partial charge in [-0.1, -0.05) is 74.1 Å². The molecule has 1 atom stereocenters. The lowest BCUT2D eigenvalue weighted by Gasteiger charge is -2.26. The fraction of sp³-hybridized carbons (Fsp3) is 0.310. The van der Waals surface area contributed by atoms with Crippen LogP contribution >= 0.6 is 23.1 Å². The zero-order chi connectivity index (χ0) is 26.9. The minimum atomic E-state index is -0.129. The molecule has 200 valence electrons. The van der Waals surface area contributed by atoms with Crippen molar-refractivity contribution in [1.82, 2.24) is 19.2 Å². The average Bonchev–Trinajstić information content (AvgIpc) is 3.54. The van der Waals surface area contributed by atoms with Crippen LogP contribution in [-0.4, -0.2) is 36.9 Å². The summed E-state index contributed by atoms with van der Waals surface area (Å²) in [6, 6.07) is 19.5. The number of benzene rings is 2. The highest BCUT2D eigenvalue weighted by Gasteiger charge is 2.30. The van der Waals surface area contributed by atoms with E-state index in [0.29, 0.717) is 42.8 Å². The van der Waals surface area contributed by atoms with E-state index in [2.05, 4.69) is 41.5 Å². The number of carbonyl (C=O) groups excluding carboxylic acids is 1. The molecule has 39 heavy (non-hydrogen) atoms. The molecule has 5 aromatic rings. The average molecular weight is 560 g/mol. The first-order valence-electron chi connectivity index (χ1n) is 13.0. The van der Waals surface area contributed by atoms with Crippen LogP contribution in [0.4, 0.5) is 5.69 Å². The van der Waals surface area contributed by atoms with Gasteiger partial charge in [-0.15, -0.1) is 21.5 Å². The molecule has 1 amide bonds. The lowest BCUT2D eigenvalue weighted by Crippen LogP contribution is -2.29. The molecule has 3 aromatic heterocycles. The van der Waals surface area contributed by atoms with E-state index in [0.717, 1.165) is 31.9 Å². The molecule has 2 aromatic carbocycles. The van der Waals surface area contributed by atoms with Crippen molar-refractivity contribution in [3.05, 3.63) is 87.0 Å². The van der Waals surface area contributed by atoms with Crippen molar-refractivity contribution in [2.24, 2.45) is 5.92 Å². The number of hydrogen-bond acceptors (Lipinski definition) is 7. The van der Waals surface area contributed by atoms with E-state index < -0.39 is 0 Å². The zero-order valence-corrected chi connectivity index (χ0v) is 23.4. The smallest absolute Gasteiger partial charge is 0.263 e. The molecule has 0 fully saturated rings. The normalized spacial score (nSPS) is 15.2. The first kappa shape index (κ1) is 25.8. The summed E-state index contributed by atoms with van der Waals surface area (Å²) in [4.78, 5) is 28.6. The van der Waals surface area contributed by atoms with Crippen molar-refractivity contribution in [3.8, 4) is 0 Å². The summed E-state index contributed by atoms with van der Waals surface area (Å²) in [5, 5.41) is 13.1. The maximum atomic E-state index is 14.0. The Morgan fingerprint density at radius 2 is 1.87 bits per heavy atom. The molecular weight excluding hydrogens is 530 g/mol. The van der Waals surface area contributed by atoms with Gasteiger partial charge in [-0.2, -0.15) is 0 Å². The van der Waals surface area contributed by atoms with Crippen LogP contribution in [-0.2, 0) is 35.5 Å². The summed E-state index contributed by atoms with van der Waals surface area (Å²) in [5.74, 6) is 0.884. The van der Waals surface area contributed by atoms with Gasteiger partial charge in [0, 0.05) is 23.5 Å². The Hall–Kier alpha value is -3.47. The van der Waals surface area contributed by atoms with Crippen molar-refractivity contribution in [3.63, 3.8) is 0 Å². The number of rotatable bonds is 8. The van der Waals surface area contributed by atoms with E-state index in [1.807, 2.05) is 52.9 Å². The van der Waals surface area contributed by atoms with Gasteiger partial charge in [0.2, 0.25) is 11.7 Å². The number of thioether (sulfide) groups is 1. The van der Waals surface area contributed by atoms with Gasteiger partial charge < -0.3 is 10.1 Å². The second kappa shape index (κ2) is 11.0. The molecule has 1 N–H and O–H groups in total. The summed E-state index contributed by atoms with van der Waals surface area (Å²) in [5.41, 5.74) is 2.93. The monoisotopic (exact) mass is 559 g/mol. The summed E-state index contributed by atoms with van der Waals surface area (Å²) < 4.78 is 9.83. The number of nitrogens with zero attached hydrogens (tertiary/aromatic N) is 4. The number of thiophene rings is 1. The standard InChI is InChI=1S/C29H29N5O3S2/c1-18(2)22-15-21-23(16-37-22)39-27-25(21)26(36)33(14-13-19-9-5-3-6-10-19)28-31-32-29(34(27)28)38-17-24(35)30-20-11-7-4-8-12-20/h3-12,18,22H,13-17H2,1-2H3,(H,30,35). The van der Waals surface area contributed by atoms with Crippen molar-refractivity contribution in [2.45, 2.75) is 51.1 Å². The summed E-state index contributed by atoms with van der Waals surface area (Å²) >= 11 is 2.88. The second-order valence-corrected chi connectivity index (χ2v) is 12.0. The first-order chi connectivity index (χ1) is 19.0. The van der Waals surface area contributed by atoms with E-state index in [1.165, 1.54) is 11.8 Å². The van der Waals surface area contributed by atoms with Gasteiger partial charge in [0.05, 0.1) is 23.8 Å². The third kappa shape index (κ3) is 5.11. The van der Waals surface area contributed by atoms with Crippen molar-refractivity contribution < 1.29 is 9.53 Å². The predicted octanol–water partition coefficient (Wildman–Crippen LogP) is 5.18. The van der Waals surface area contributed by atoms with Crippen molar-refractivity contribution >= 4 is 50.7 Å². The maximum Gasteiger partial charge on any atom is 0.263 e. The van der Waals surface area contributed by atoms with Crippen molar-refractivity contribution in [1.29, 1.82) is 0 Å². The predicted molar refractivity (Wildman–Crippen MR) is 156 cm³/mol. The Morgan fingerprint density at radius 1 is 1.13 bits per heavy atom. The third-order valence-corrected chi connectivity index (χ3v) is 9.15. The number of anilines is 1. The van der Waals surface area contributed by atoms with Crippen LogP contribution in [0.5, 0.6) is 0 Å². The fourth-order valence-corrected chi connectivity index (χ4v) is 6.98. The number of aryl methyl sites for hydroxylation is 2. The van der Waals surface area contributed by atoms with Gasteiger partial charge in [-0.3, -0.25) is 14.2 Å². The summed E-state index contributed by atoms with van der Waals surface area (Å²) in [7, 11) is 0. The number of aromatic nitrogens is 4. The van der Waals surface area contributed by atoms with Crippen LogP contribution in [0.3, 0.4) is 0 Å². The largest absolute Gasteiger partial charge is 0.372 e. The molecule has 8 nitrogen and oxygen atoms in total. The van der Waals surface area contributed by atoms with Crippen LogP contribution in [0, 0.1) is 5.92 Å². The first-order valence-corrected chi connectivity index (χ1v) is 14.8. The number of nitrogens with one attached hydrogen (secondary N) is 1. The molecule has 0 aliphatic carbocycles. The zero-order valence-electron chi connectivity index (χ0n) is 21.8. The van der Waals surface area contributed by atoms with Gasteiger partial charge in [-0.25, -0.2) is 4.40 Å². The van der Waals surface area contributed by atoms with Gasteiger partial charge in [-0.05, 0) is 35.6 Å². The SMILES string of the molecule is CC(C)C1Cc2c(sc3c2c(=O)n(CCc2ccccc2)c2nnc(SCC(=O)Nc4ccccc4)n32)CO1. The van der Waals surface area contributed by atoms with Gasteiger partial charge in [0.15, 0.2) is 5.16 Å². The van der Waals surface area contributed by atoms with E-state index in [9.17, 15) is 9.59 Å². The molecule has 1 aliphatic heterocycles. The number of carbonyl (C=O) groups is 1.